The molecule has 1 unspecified atom stereocenters. The minimum absolute atomic E-state index is 0.0101. The van der Waals surface area contributed by atoms with Crippen molar-refractivity contribution in [1.29, 1.82) is 0 Å². The number of carbonyl (C=O) groups excluding carboxylic acids is 1. The highest BCUT2D eigenvalue weighted by Crippen LogP contribution is 2.24. The average molecular weight is 422 g/mol. The van der Waals surface area contributed by atoms with Crippen LogP contribution in [0, 0.1) is 5.92 Å². The van der Waals surface area contributed by atoms with Gasteiger partial charge in [0.1, 0.15) is 0 Å². The Labute approximate surface area is 162 Å². The van der Waals surface area contributed by atoms with Crippen molar-refractivity contribution in [2.45, 2.75) is 13.0 Å². The van der Waals surface area contributed by atoms with Gasteiger partial charge in [-0.15, -0.1) is 0 Å². The number of rotatable bonds is 5. The Hall–Kier alpha value is -1.36. The monoisotopic (exact) mass is 420 g/mol. The second-order valence-corrected chi connectivity index (χ2v) is 7.98. The Bertz CT molecular complexity index is 738. The summed E-state index contributed by atoms with van der Waals surface area (Å²) in [4.78, 5) is 17.0. The third-order valence-corrected chi connectivity index (χ3v) is 5.58. The van der Waals surface area contributed by atoms with E-state index in [1.54, 1.807) is 12.1 Å². The Morgan fingerprint density at radius 3 is 2.80 bits per heavy atom. The molecule has 1 aliphatic rings. The first-order valence-electron chi connectivity index (χ1n) is 8.49. The van der Waals surface area contributed by atoms with E-state index in [9.17, 15) is 4.79 Å². The number of hydrogen-bond donors (Lipinski definition) is 0. The zero-order chi connectivity index (χ0) is 17.8. The van der Waals surface area contributed by atoms with Gasteiger partial charge < -0.3 is 4.90 Å². The van der Waals surface area contributed by atoms with Gasteiger partial charge in [-0.25, -0.2) is 0 Å². The molecule has 132 valence electrons. The first-order chi connectivity index (χ1) is 12.0. The molecule has 3 rings (SSSR count). The lowest BCUT2D eigenvalue weighted by Crippen LogP contribution is -2.33. The maximum absolute atomic E-state index is 12.7. The maximum Gasteiger partial charge on any atom is 0.254 e. The van der Waals surface area contributed by atoms with Crippen molar-refractivity contribution in [3.05, 3.63) is 69.2 Å². The van der Waals surface area contributed by atoms with Gasteiger partial charge in [-0.05, 0) is 58.6 Å². The van der Waals surface area contributed by atoms with E-state index in [4.69, 9.17) is 11.6 Å². The fourth-order valence-electron chi connectivity index (χ4n) is 3.38. The number of hydrogen-bond acceptors (Lipinski definition) is 2. The maximum atomic E-state index is 12.7. The van der Waals surface area contributed by atoms with E-state index in [2.05, 4.69) is 45.1 Å². The van der Waals surface area contributed by atoms with Crippen LogP contribution in [0.5, 0.6) is 0 Å². The van der Waals surface area contributed by atoms with Crippen LogP contribution in [0.2, 0.25) is 5.02 Å². The van der Waals surface area contributed by atoms with Gasteiger partial charge in [0, 0.05) is 36.2 Å². The molecule has 2 aromatic carbocycles. The van der Waals surface area contributed by atoms with Gasteiger partial charge >= 0.3 is 0 Å². The van der Waals surface area contributed by atoms with Crippen LogP contribution in [-0.4, -0.2) is 42.4 Å². The van der Waals surface area contributed by atoms with Gasteiger partial charge in [-0.2, -0.15) is 0 Å². The van der Waals surface area contributed by atoms with Gasteiger partial charge in [-0.3, -0.25) is 9.69 Å². The van der Waals surface area contributed by atoms with Crippen molar-refractivity contribution in [2.75, 3.05) is 26.7 Å². The second kappa shape index (κ2) is 8.35. The molecule has 0 bridgehead atoms. The molecule has 0 aliphatic carbocycles. The summed E-state index contributed by atoms with van der Waals surface area (Å²) in [5, 5.41) is 0.579. The number of halogens is 2. The van der Waals surface area contributed by atoms with Crippen molar-refractivity contribution in [3.8, 4) is 0 Å². The second-order valence-electron chi connectivity index (χ2n) is 6.69. The zero-order valence-electron chi connectivity index (χ0n) is 14.3. The van der Waals surface area contributed by atoms with Crippen molar-refractivity contribution >= 4 is 33.4 Å². The molecule has 0 aromatic heterocycles. The lowest BCUT2D eigenvalue weighted by Gasteiger charge is -2.22. The van der Waals surface area contributed by atoms with E-state index in [0.29, 0.717) is 16.5 Å². The van der Waals surface area contributed by atoms with Crippen molar-refractivity contribution in [2.24, 2.45) is 5.92 Å². The van der Waals surface area contributed by atoms with Crippen molar-refractivity contribution in [3.63, 3.8) is 0 Å². The molecule has 3 nitrogen and oxygen atoms in total. The molecule has 0 N–H and O–H groups in total. The van der Waals surface area contributed by atoms with Crippen LogP contribution in [0.4, 0.5) is 0 Å². The van der Waals surface area contributed by atoms with Gasteiger partial charge in [0.2, 0.25) is 0 Å². The highest BCUT2D eigenvalue weighted by Gasteiger charge is 2.25. The molecule has 1 amide bonds. The van der Waals surface area contributed by atoms with Crippen LogP contribution in [0.1, 0.15) is 22.3 Å². The number of amides is 1. The Kier molecular flexibility index (Phi) is 6.15. The predicted octanol–water partition coefficient (Wildman–Crippen LogP) is 4.70. The summed E-state index contributed by atoms with van der Waals surface area (Å²) in [5.74, 6) is 0.520. The fourth-order valence-corrected chi connectivity index (χ4v) is 3.97. The van der Waals surface area contributed by atoms with Crippen LogP contribution in [0.25, 0.3) is 0 Å². The molecular formula is C20H22BrClN2O. The molecular weight excluding hydrogens is 400 g/mol. The number of carbonyl (C=O) groups is 1. The summed E-state index contributed by atoms with van der Waals surface area (Å²) in [6.07, 6.45) is 1.13. The van der Waals surface area contributed by atoms with E-state index in [1.165, 1.54) is 5.56 Å². The predicted molar refractivity (Wildman–Crippen MR) is 106 cm³/mol. The standard InChI is InChI=1S/C20H22BrClN2O/c1-23(20(25)18-11-17(22)7-8-19(18)21)12-16-9-10-24(14-16)13-15-5-3-2-4-6-15/h2-8,11,16H,9-10,12-14H2,1H3. The molecule has 0 saturated carbocycles. The number of benzene rings is 2. The van der Waals surface area contributed by atoms with Crippen LogP contribution in [0.3, 0.4) is 0 Å². The summed E-state index contributed by atoms with van der Waals surface area (Å²) < 4.78 is 0.783. The quantitative estimate of drug-likeness (QED) is 0.699. The van der Waals surface area contributed by atoms with Crippen molar-refractivity contribution < 1.29 is 4.79 Å². The summed E-state index contributed by atoms with van der Waals surface area (Å²) in [5.41, 5.74) is 1.96. The molecule has 1 atom stereocenters. The third-order valence-electron chi connectivity index (χ3n) is 4.66. The van der Waals surface area contributed by atoms with Crippen LogP contribution in [0.15, 0.2) is 53.0 Å². The van der Waals surface area contributed by atoms with E-state index in [0.717, 1.165) is 37.1 Å². The van der Waals surface area contributed by atoms with E-state index < -0.39 is 0 Å². The molecule has 5 heteroatoms. The smallest absolute Gasteiger partial charge is 0.254 e. The van der Waals surface area contributed by atoms with Gasteiger partial charge in [-0.1, -0.05) is 41.9 Å². The fraction of sp³-hybridized carbons (Fsp3) is 0.350. The van der Waals surface area contributed by atoms with Gasteiger partial charge in [0.25, 0.3) is 5.91 Å². The third kappa shape index (κ3) is 4.84. The highest BCUT2D eigenvalue weighted by molar-refractivity contribution is 9.10. The molecule has 0 radical (unpaired) electrons. The minimum atomic E-state index is 0.0101. The number of likely N-dealkylation sites (tertiary alicyclic amines) is 1. The van der Waals surface area contributed by atoms with E-state index in [1.807, 2.05) is 24.1 Å². The molecule has 25 heavy (non-hydrogen) atoms. The van der Waals surface area contributed by atoms with E-state index >= 15 is 0 Å². The molecule has 1 fully saturated rings. The first-order valence-corrected chi connectivity index (χ1v) is 9.67. The molecule has 2 aromatic rings. The topological polar surface area (TPSA) is 23.6 Å². The molecule has 1 saturated heterocycles. The Morgan fingerprint density at radius 2 is 2.04 bits per heavy atom. The summed E-state index contributed by atoms with van der Waals surface area (Å²) in [6, 6.07) is 15.9. The Morgan fingerprint density at radius 1 is 1.28 bits per heavy atom. The zero-order valence-corrected chi connectivity index (χ0v) is 16.6. The average Bonchev–Trinajstić information content (AvgIpc) is 3.04. The molecule has 1 heterocycles. The van der Waals surface area contributed by atoms with Crippen LogP contribution in [-0.2, 0) is 6.54 Å². The lowest BCUT2D eigenvalue weighted by molar-refractivity contribution is 0.0772. The first kappa shape index (κ1) is 18.4. The van der Waals surface area contributed by atoms with E-state index in [-0.39, 0.29) is 5.91 Å². The normalized spacial score (nSPS) is 17.6. The van der Waals surface area contributed by atoms with Crippen LogP contribution >= 0.6 is 27.5 Å². The lowest BCUT2D eigenvalue weighted by atomic mass is 10.1. The van der Waals surface area contributed by atoms with Crippen LogP contribution < -0.4 is 0 Å². The summed E-state index contributed by atoms with van der Waals surface area (Å²) in [7, 11) is 1.87. The van der Waals surface area contributed by atoms with Crippen molar-refractivity contribution in [1.82, 2.24) is 9.80 Å². The molecule has 0 spiro atoms. The minimum Gasteiger partial charge on any atom is -0.341 e. The SMILES string of the molecule is CN(CC1CCN(Cc2ccccc2)C1)C(=O)c1cc(Cl)ccc1Br. The summed E-state index contributed by atoms with van der Waals surface area (Å²) >= 11 is 9.48. The number of nitrogens with zero attached hydrogens (tertiary/aromatic N) is 2. The molecule has 1 aliphatic heterocycles. The Balaban J connectivity index is 1.56. The van der Waals surface area contributed by atoms with Gasteiger partial charge in [0.05, 0.1) is 5.56 Å². The largest absolute Gasteiger partial charge is 0.341 e. The summed E-state index contributed by atoms with van der Waals surface area (Å²) in [6.45, 7) is 3.86. The van der Waals surface area contributed by atoms with Gasteiger partial charge in [0.15, 0.2) is 0 Å². The highest BCUT2D eigenvalue weighted by atomic mass is 79.9.